The van der Waals surface area contributed by atoms with Crippen molar-refractivity contribution >= 4 is 22.5 Å². The van der Waals surface area contributed by atoms with Gasteiger partial charge in [-0.1, -0.05) is 35.9 Å². The third-order valence-corrected chi connectivity index (χ3v) is 5.48. The molecule has 2 heterocycles. The summed E-state index contributed by atoms with van der Waals surface area (Å²) in [6, 6.07) is 23.8. The summed E-state index contributed by atoms with van der Waals surface area (Å²) < 4.78 is 5.29. The third kappa shape index (κ3) is 2.85. The van der Waals surface area contributed by atoms with E-state index in [1.54, 1.807) is 7.11 Å². The lowest BCUT2D eigenvalue weighted by Gasteiger charge is -2.16. The average Bonchev–Trinajstić information content (AvgIpc) is 3.11. The molecule has 0 bridgehead atoms. The Morgan fingerprint density at radius 3 is 2.38 bits per heavy atom. The number of hydrogen-bond acceptors (Lipinski definition) is 3. The van der Waals surface area contributed by atoms with Crippen LogP contribution >= 0.6 is 0 Å². The molecule has 29 heavy (non-hydrogen) atoms. The van der Waals surface area contributed by atoms with Crippen molar-refractivity contribution < 1.29 is 9.53 Å². The van der Waals surface area contributed by atoms with E-state index in [0.29, 0.717) is 6.54 Å². The van der Waals surface area contributed by atoms with Crippen molar-refractivity contribution in [2.75, 3.05) is 12.0 Å². The fraction of sp³-hybridized carbons (Fsp3) is 0.120. The number of anilines is 1. The minimum absolute atomic E-state index is 0.0252. The molecule has 4 heteroatoms. The summed E-state index contributed by atoms with van der Waals surface area (Å²) in [7, 11) is 1.65. The number of fused-ring (bicyclic) bond motifs is 3. The number of pyridine rings is 1. The number of nitrogens with zero attached hydrogens (tertiary/aromatic N) is 2. The summed E-state index contributed by atoms with van der Waals surface area (Å²) in [5.41, 5.74) is 6.46. The van der Waals surface area contributed by atoms with Crippen molar-refractivity contribution in [2.24, 2.45) is 0 Å². The van der Waals surface area contributed by atoms with E-state index in [1.165, 1.54) is 5.56 Å². The Morgan fingerprint density at radius 1 is 0.931 bits per heavy atom. The molecule has 1 aliphatic rings. The lowest BCUT2D eigenvalue weighted by atomic mass is 9.98. The molecular weight excluding hydrogens is 360 g/mol. The molecule has 5 rings (SSSR count). The van der Waals surface area contributed by atoms with Gasteiger partial charge in [0.05, 0.1) is 30.4 Å². The first-order valence-electron chi connectivity index (χ1n) is 9.60. The third-order valence-electron chi connectivity index (χ3n) is 5.48. The normalized spacial score (nSPS) is 13.0. The quantitative estimate of drug-likeness (QED) is 0.479. The Kier molecular flexibility index (Phi) is 4.06. The van der Waals surface area contributed by atoms with Crippen LogP contribution in [0.2, 0.25) is 0 Å². The number of aryl methyl sites for hydroxylation is 1. The van der Waals surface area contributed by atoms with Crippen molar-refractivity contribution in [3.05, 3.63) is 89.5 Å². The van der Waals surface area contributed by atoms with Crippen LogP contribution in [0.3, 0.4) is 0 Å². The zero-order chi connectivity index (χ0) is 20.0. The van der Waals surface area contributed by atoms with Crippen LogP contribution < -0.4 is 9.64 Å². The smallest absolute Gasteiger partial charge is 0.259 e. The van der Waals surface area contributed by atoms with E-state index in [4.69, 9.17) is 9.72 Å². The van der Waals surface area contributed by atoms with Gasteiger partial charge in [-0.25, -0.2) is 4.98 Å². The molecule has 0 radical (unpaired) electrons. The molecule has 0 saturated carbocycles. The van der Waals surface area contributed by atoms with Crippen LogP contribution in [-0.4, -0.2) is 18.0 Å². The highest BCUT2D eigenvalue weighted by Gasteiger charge is 2.33. The number of rotatable bonds is 3. The van der Waals surface area contributed by atoms with Gasteiger partial charge in [-0.15, -0.1) is 0 Å². The predicted octanol–water partition coefficient (Wildman–Crippen LogP) is 5.38. The Morgan fingerprint density at radius 2 is 1.66 bits per heavy atom. The van der Waals surface area contributed by atoms with Crippen LogP contribution in [0.1, 0.15) is 21.5 Å². The topological polar surface area (TPSA) is 42.4 Å². The number of benzene rings is 3. The van der Waals surface area contributed by atoms with Gasteiger partial charge in [0.2, 0.25) is 0 Å². The van der Waals surface area contributed by atoms with Crippen molar-refractivity contribution in [2.45, 2.75) is 13.5 Å². The SMILES string of the molecule is COc1ccc(-c2nc3ccccc3c3c2CN(c2ccc(C)cc2)C3=O)cc1. The summed E-state index contributed by atoms with van der Waals surface area (Å²) in [6.45, 7) is 2.56. The maximum atomic E-state index is 13.5. The van der Waals surface area contributed by atoms with E-state index in [-0.39, 0.29) is 5.91 Å². The highest BCUT2D eigenvalue weighted by molar-refractivity contribution is 6.18. The maximum absolute atomic E-state index is 13.5. The minimum atomic E-state index is 0.0252. The fourth-order valence-corrected chi connectivity index (χ4v) is 3.94. The number of methoxy groups -OCH3 is 1. The Balaban J connectivity index is 1.71. The molecule has 0 N–H and O–H groups in total. The van der Waals surface area contributed by atoms with Gasteiger partial charge >= 0.3 is 0 Å². The van der Waals surface area contributed by atoms with Gasteiger partial charge in [0.25, 0.3) is 5.91 Å². The first-order valence-corrected chi connectivity index (χ1v) is 9.60. The summed E-state index contributed by atoms with van der Waals surface area (Å²) in [5.74, 6) is 0.820. The van der Waals surface area contributed by atoms with E-state index >= 15 is 0 Å². The molecule has 1 aromatic heterocycles. The Hall–Kier alpha value is -3.66. The van der Waals surface area contributed by atoms with E-state index < -0.39 is 0 Å². The summed E-state index contributed by atoms with van der Waals surface area (Å²) >= 11 is 0. The number of amides is 1. The van der Waals surface area contributed by atoms with Crippen molar-refractivity contribution in [3.63, 3.8) is 0 Å². The fourth-order valence-electron chi connectivity index (χ4n) is 3.94. The standard InChI is InChI=1S/C25H20N2O2/c1-16-7-11-18(12-8-16)27-15-21-23(25(27)28)20-5-3-4-6-22(20)26-24(21)17-9-13-19(29-2)14-10-17/h3-14H,15H2,1-2H3. The zero-order valence-corrected chi connectivity index (χ0v) is 16.3. The van der Waals surface area contributed by atoms with Gasteiger partial charge in [-0.2, -0.15) is 0 Å². The summed E-state index contributed by atoms with van der Waals surface area (Å²) in [4.78, 5) is 20.2. The second-order valence-electron chi connectivity index (χ2n) is 7.29. The molecule has 4 aromatic rings. The highest BCUT2D eigenvalue weighted by Crippen LogP contribution is 2.38. The van der Waals surface area contributed by atoms with E-state index in [2.05, 4.69) is 0 Å². The molecular formula is C25H20N2O2. The van der Waals surface area contributed by atoms with Crippen LogP contribution in [0.4, 0.5) is 5.69 Å². The van der Waals surface area contributed by atoms with Crippen LogP contribution in [0, 0.1) is 6.92 Å². The second kappa shape index (κ2) is 6.74. The van der Waals surface area contributed by atoms with Crippen LogP contribution in [0.15, 0.2) is 72.8 Å². The Bertz CT molecular complexity index is 1230. The molecule has 0 fully saturated rings. The predicted molar refractivity (Wildman–Crippen MR) is 115 cm³/mol. The summed E-state index contributed by atoms with van der Waals surface area (Å²) in [6.07, 6.45) is 0. The number of carbonyl (C=O) groups is 1. The summed E-state index contributed by atoms with van der Waals surface area (Å²) in [5, 5.41) is 0.902. The van der Waals surface area contributed by atoms with Gasteiger partial charge in [0.1, 0.15) is 5.75 Å². The number of hydrogen-bond donors (Lipinski definition) is 0. The lowest BCUT2D eigenvalue weighted by Crippen LogP contribution is -2.22. The molecule has 1 amide bonds. The van der Waals surface area contributed by atoms with Crippen molar-refractivity contribution in [3.8, 4) is 17.0 Å². The first kappa shape index (κ1) is 17.4. The minimum Gasteiger partial charge on any atom is -0.497 e. The average molecular weight is 380 g/mol. The van der Waals surface area contributed by atoms with E-state index in [1.807, 2.05) is 84.6 Å². The number of carbonyl (C=O) groups excluding carboxylic acids is 1. The van der Waals surface area contributed by atoms with Gasteiger partial charge in [0.15, 0.2) is 0 Å². The number of para-hydroxylation sites is 1. The molecule has 1 aliphatic heterocycles. The molecule has 3 aromatic carbocycles. The number of aromatic nitrogens is 1. The first-order chi connectivity index (χ1) is 14.2. The molecule has 0 spiro atoms. The molecule has 0 aliphatic carbocycles. The van der Waals surface area contributed by atoms with Gasteiger partial charge in [-0.05, 0) is 49.4 Å². The van der Waals surface area contributed by atoms with Crippen LogP contribution in [0.5, 0.6) is 5.75 Å². The molecule has 142 valence electrons. The van der Waals surface area contributed by atoms with Crippen LogP contribution in [-0.2, 0) is 6.54 Å². The monoisotopic (exact) mass is 380 g/mol. The molecule has 0 saturated heterocycles. The second-order valence-corrected chi connectivity index (χ2v) is 7.29. The van der Waals surface area contributed by atoms with Crippen molar-refractivity contribution in [1.82, 2.24) is 4.98 Å². The molecule has 0 unspecified atom stereocenters. The van der Waals surface area contributed by atoms with Gasteiger partial charge in [-0.3, -0.25) is 4.79 Å². The van der Waals surface area contributed by atoms with E-state index in [0.717, 1.165) is 44.7 Å². The largest absolute Gasteiger partial charge is 0.497 e. The maximum Gasteiger partial charge on any atom is 0.259 e. The molecule has 0 atom stereocenters. The molecule has 4 nitrogen and oxygen atoms in total. The van der Waals surface area contributed by atoms with Crippen LogP contribution in [0.25, 0.3) is 22.2 Å². The number of ether oxygens (including phenoxy) is 1. The zero-order valence-electron chi connectivity index (χ0n) is 16.3. The van der Waals surface area contributed by atoms with Crippen molar-refractivity contribution in [1.29, 1.82) is 0 Å². The Labute approximate surface area is 169 Å². The highest BCUT2D eigenvalue weighted by atomic mass is 16.5. The van der Waals surface area contributed by atoms with Gasteiger partial charge < -0.3 is 9.64 Å². The van der Waals surface area contributed by atoms with Gasteiger partial charge in [0, 0.05) is 22.2 Å². The lowest BCUT2D eigenvalue weighted by molar-refractivity contribution is 0.0998. The van der Waals surface area contributed by atoms with E-state index in [9.17, 15) is 4.79 Å².